The third-order valence-electron chi connectivity index (χ3n) is 1.77. The topological polar surface area (TPSA) is 29.1 Å². The van der Waals surface area contributed by atoms with Crippen molar-refractivity contribution in [1.82, 2.24) is 5.32 Å². The average molecular weight is 335 g/mol. The fourth-order valence-electron chi connectivity index (χ4n) is 1.09. The molecule has 1 amide bonds. The maximum atomic E-state index is 11.4. The molecular weight excluding hydrogens is 325 g/mol. The molecule has 0 radical (unpaired) electrons. The predicted octanol–water partition coefficient (Wildman–Crippen LogP) is 4.03. The summed E-state index contributed by atoms with van der Waals surface area (Å²) < 4.78 is 0.713. The van der Waals surface area contributed by atoms with Crippen molar-refractivity contribution in [2.45, 2.75) is 0 Å². The van der Waals surface area contributed by atoms with Gasteiger partial charge in [-0.1, -0.05) is 45.7 Å². The zero-order chi connectivity index (χ0) is 12.8. The van der Waals surface area contributed by atoms with E-state index in [1.54, 1.807) is 24.3 Å². The first-order chi connectivity index (χ1) is 7.97. The average Bonchev–Trinajstić information content (AvgIpc) is 2.22. The molecule has 1 aromatic rings. The van der Waals surface area contributed by atoms with Gasteiger partial charge in [0, 0.05) is 27.1 Å². The normalized spacial score (nSPS) is 10.5. The predicted molar refractivity (Wildman–Crippen MR) is 76.6 cm³/mol. The van der Waals surface area contributed by atoms with Gasteiger partial charge in [0.25, 0.3) is 0 Å². The van der Waals surface area contributed by atoms with Gasteiger partial charge >= 0.3 is 0 Å². The van der Waals surface area contributed by atoms with Crippen LogP contribution in [0, 0.1) is 0 Å². The Balaban J connectivity index is 2.63. The lowest BCUT2D eigenvalue weighted by molar-refractivity contribution is -0.116. The Labute approximate surface area is 118 Å². The molecule has 90 valence electrons. The van der Waals surface area contributed by atoms with E-state index >= 15 is 0 Å². The Morgan fingerprint density at radius 2 is 1.94 bits per heavy atom. The highest BCUT2D eigenvalue weighted by Gasteiger charge is 1.97. The lowest BCUT2D eigenvalue weighted by Gasteiger charge is -2.00. The quantitative estimate of drug-likeness (QED) is 0.827. The molecule has 1 N–H and O–H groups in total. The third kappa shape index (κ3) is 5.91. The smallest absolute Gasteiger partial charge is 0.244 e. The van der Waals surface area contributed by atoms with Crippen LogP contribution in [-0.2, 0) is 4.79 Å². The van der Waals surface area contributed by atoms with Crippen LogP contribution in [0.25, 0.3) is 6.08 Å². The van der Waals surface area contributed by atoms with Crippen molar-refractivity contribution in [2.24, 2.45) is 0 Å². The molecule has 0 heterocycles. The fourth-order valence-corrected chi connectivity index (χ4v) is 1.77. The number of amides is 1. The molecule has 0 saturated heterocycles. The summed E-state index contributed by atoms with van der Waals surface area (Å²) in [6.07, 6.45) is 3.06. The van der Waals surface area contributed by atoms with Crippen LogP contribution in [0.3, 0.4) is 0 Å². The van der Waals surface area contributed by atoms with E-state index in [-0.39, 0.29) is 5.91 Å². The van der Waals surface area contributed by atoms with Crippen LogP contribution >= 0.6 is 39.1 Å². The first-order valence-electron chi connectivity index (χ1n) is 4.72. The number of carbonyl (C=O) groups is 1. The molecule has 0 atom stereocenters. The number of carbonyl (C=O) groups excluding carboxylic acids is 1. The van der Waals surface area contributed by atoms with Crippen LogP contribution in [0.5, 0.6) is 0 Å². The minimum absolute atomic E-state index is 0.207. The van der Waals surface area contributed by atoms with E-state index in [1.165, 1.54) is 6.08 Å². The van der Waals surface area contributed by atoms with Crippen molar-refractivity contribution >= 4 is 51.1 Å². The van der Waals surface area contributed by atoms with Crippen molar-refractivity contribution < 1.29 is 4.79 Å². The third-order valence-corrected chi connectivity index (χ3v) is 2.48. The Morgan fingerprint density at radius 1 is 1.35 bits per heavy atom. The maximum Gasteiger partial charge on any atom is 0.244 e. The van der Waals surface area contributed by atoms with Gasteiger partial charge in [-0.3, -0.25) is 4.79 Å². The largest absolute Gasteiger partial charge is 0.348 e. The summed E-state index contributed by atoms with van der Waals surface area (Å²) in [5.74, 6) is -0.207. The Bertz CT molecular complexity index is 451. The van der Waals surface area contributed by atoms with Gasteiger partial charge in [-0.25, -0.2) is 0 Å². The second-order valence-electron chi connectivity index (χ2n) is 3.27. The summed E-state index contributed by atoms with van der Waals surface area (Å²) in [5, 5.41) is 3.71. The summed E-state index contributed by atoms with van der Waals surface area (Å²) in [5.41, 5.74) is 0.773. The minimum atomic E-state index is -0.207. The number of hydrogen-bond acceptors (Lipinski definition) is 1. The van der Waals surface area contributed by atoms with Gasteiger partial charge < -0.3 is 5.32 Å². The monoisotopic (exact) mass is 333 g/mol. The molecule has 0 aromatic heterocycles. The molecule has 0 aliphatic rings. The lowest BCUT2D eigenvalue weighted by atomic mass is 10.2. The molecule has 2 nitrogen and oxygen atoms in total. The summed E-state index contributed by atoms with van der Waals surface area (Å²) in [6.45, 7) is 4.00. The summed E-state index contributed by atoms with van der Waals surface area (Å²) in [7, 11) is 0. The highest BCUT2D eigenvalue weighted by atomic mass is 79.9. The molecule has 0 aliphatic carbocycles. The molecule has 1 rings (SSSR count). The Kier molecular flexibility index (Phi) is 5.75. The van der Waals surface area contributed by atoms with Crippen LogP contribution in [0.4, 0.5) is 0 Å². The number of halogens is 3. The highest BCUT2D eigenvalue weighted by molar-refractivity contribution is 9.11. The van der Waals surface area contributed by atoms with Gasteiger partial charge in [0.05, 0.1) is 0 Å². The van der Waals surface area contributed by atoms with Crippen LogP contribution in [0.1, 0.15) is 5.56 Å². The second-order valence-corrected chi connectivity index (χ2v) is 5.27. The molecule has 0 fully saturated rings. The zero-order valence-electron chi connectivity index (χ0n) is 8.84. The van der Waals surface area contributed by atoms with Crippen molar-refractivity contribution in [2.75, 3.05) is 6.54 Å². The van der Waals surface area contributed by atoms with Gasteiger partial charge in [0.1, 0.15) is 0 Å². The standard InChI is InChI=1S/C12H10BrCl2NO/c1-8(13)7-16-12(17)3-2-9-4-10(14)6-11(15)5-9/h2-6H,1,7H2,(H,16,17)/b3-2+. The Hall–Kier alpha value is -0.770. The number of nitrogens with one attached hydrogen (secondary N) is 1. The molecular formula is C12H10BrCl2NO. The van der Waals surface area contributed by atoms with E-state index in [1.807, 2.05) is 0 Å². The first kappa shape index (κ1) is 14.3. The molecule has 0 saturated carbocycles. The molecule has 5 heteroatoms. The fraction of sp³-hybridized carbons (Fsp3) is 0.0833. The van der Waals surface area contributed by atoms with E-state index in [2.05, 4.69) is 27.8 Å². The van der Waals surface area contributed by atoms with Crippen molar-refractivity contribution in [3.05, 3.63) is 50.9 Å². The van der Waals surface area contributed by atoms with Gasteiger partial charge in [0.15, 0.2) is 0 Å². The van der Waals surface area contributed by atoms with Crippen LogP contribution < -0.4 is 5.32 Å². The van der Waals surface area contributed by atoms with Crippen LogP contribution in [-0.4, -0.2) is 12.5 Å². The zero-order valence-corrected chi connectivity index (χ0v) is 11.9. The van der Waals surface area contributed by atoms with Gasteiger partial charge in [-0.2, -0.15) is 0 Å². The number of benzene rings is 1. The number of rotatable bonds is 4. The molecule has 0 aliphatic heterocycles. The van der Waals surface area contributed by atoms with Crippen LogP contribution in [0.2, 0.25) is 10.0 Å². The highest BCUT2D eigenvalue weighted by Crippen LogP contribution is 2.19. The van der Waals surface area contributed by atoms with E-state index in [0.29, 0.717) is 21.1 Å². The summed E-state index contributed by atoms with van der Waals surface area (Å²) >= 11 is 14.8. The van der Waals surface area contributed by atoms with Crippen molar-refractivity contribution in [3.8, 4) is 0 Å². The van der Waals surface area contributed by atoms with Gasteiger partial charge in [-0.15, -0.1) is 0 Å². The summed E-state index contributed by atoms with van der Waals surface area (Å²) in [6, 6.07) is 5.08. The molecule has 0 unspecified atom stereocenters. The van der Waals surface area contributed by atoms with Crippen molar-refractivity contribution in [1.29, 1.82) is 0 Å². The molecule has 1 aromatic carbocycles. The second kappa shape index (κ2) is 6.84. The van der Waals surface area contributed by atoms with Gasteiger partial charge in [0.2, 0.25) is 5.91 Å². The lowest BCUT2D eigenvalue weighted by Crippen LogP contribution is -2.21. The molecule has 17 heavy (non-hydrogen) atoms. The summed E-state index contributed by atoms with van der Waals surface area (Å²) in [4.78, 5) is 11.4. The van der Waals surface area contributed by atoms with E-state index in [9.17, 15) is 4.79 Å². The SMILES string of the molecule is C=C(Br)CNC(=O)/C=C/c1cc(Cl)cc(Cl)c1. The van der Waals surface area contributed by atoms with Crippen molar-refractivity contribution in [3.63, 3.8) is 0 Å². The van der Waals surface area contributed by atoms with E-state index < -0.39 is 0 Å². The van der Waals surface area contributed by atoms with Crippen LogP contribution in [0.15, 0.2) is 35.3 Å². The minimum Gasteiger partial charge on any atom is -0.348 e. The Morgan fingerprint density at radius 3 is 2.47 bits per heavy atom. The van der Waals surface area contributed by atoms with E-state index in [4.69, 9.17) is 23.2 Å². The molecule has 0 spiro atoms. The van der Waals surface area contributed by atoms with E-state index in [0.717, 1.165) is 5.56 Å². The van der Waals surface area contributed by atoms with Gasteiger partial charge in [-0.05, 0) is 29.8 Å². The molecule has 0 bridgehead atoms. The number of hydrogen-bond donors (Lipinski definition) is 1. The maximum absolute atomic E-state index is 11.4. The first-order valence-corrected chi connectivity index (χ1v) is 6.27.